The fourth-order valence-corrected chi connectivity index (χ4v) is 1.87. The summed E-state index contributed by atoms with van der Waals surface area (Å²) in [5, 5.41) is 7.03. The van der Waals surface area contributed by atoms with Crippen LogP contribution in [0.15, 0.2) is 24.4 Å². The summed E-state index contributed by atoms with van der Waals surface area (Å²) in [6.07, 6.45) is 2.75. The maximum Gasteiger partial charge on any atom is 0.128 e. The van der Waals surface area contributed by atoms with Gasteiger partial charge in [-0.05, 0) is 24.1 Å². The molecule has 0 atom stereocenters. The average Bonchev–Trinajstić information content (AvgIpc) is 2.86. The van der Waals surface area contributed by atoms with E-state index in [1.165, 1.54) is 5.56 Å². The molecule has 1 heterocycles. The van der Waals surface area contributed by atoms with Crippen LogP contribution in [0.25, 0.3) is 11.3 Å². The first-order chi connectivity index (χ1) is 8.30. The number of benzene rings is 1. The summed E-state index contributed by atoms with van der Waals surface area (Å²) in [6.45, 7) is 2.59. The lowest BCUT2D eigenvalue weighted by Crippen LogP contribution is -1.98. The molecule has 0 saturated heterocycles. The Bertz CT molecular complexity index is 505. The highest BCUT2D eigenvalue weighted by Gasteiger charge is 2.12. The van der Waals surface area contributed by atoms with Crippen molar-refractivity contribution in [2.24, 2.45) is 5.73 Å². The van der Waals surface area contributed by atoms with E-state index in [2.05, 4.69) is 29.3 Å². The molecule has 4 heteroatoms. The van der Waals surface area contributed by atoms with E-state index in [4.69, 9.17) is 10.5 Å². The Morgan fingerprint density at radius 1 is 1.41 bits per heavy atom. The molecule has 4 nitrogen and oxygen atoms in total. The Morgan fingerprint density at radius 3 is 2.88 bits per heavy atom. The molecule has 2 rings (SSSR count). The van der Waals surface area contributed by atoms with Gasteiger partial charge in [-0.15, -0.1) is 0 Å². The van der Waals surface area contributed by atoms with Crippen LogP contribution in [0, 0.1) is 0 Å². The number of hydrogen-bond donors (Lipinski definition) is 2. The Kier molecular flexibility index (Phi) is 3.44. The van der Waals surface area contributed by atoms with Crippen LogP contribution in [0.5, 0.6) is 5.75 Å². The van der Waals surface area contributed by atoms with Gasteiger partial charge in [0.25, 0.3) is 0 Å². The summed E-state index contributed by atoms with van der Waals surface area (Å²) in [4.78, 5) is 0. The molecule has 0 unspecified atom stereocenters. The van der Waals surface area contributed by atoms with Crippen LogP contribution < -0.4 is 10.5 Å². The zero-order chi connectivity index (χ0) is 12.3. The molecule has 90 valence electrons. The first-order valence-electron chi connectivity index (χ1n) is 5.69. The molecule has 0 spiro atoms. The van der Waals surface area contributed by atoms with Gasteiger partial charge in [0, 0.05) is 17.7 Å². The van der Waals surface area contributed by atoms with Gasteiger partial charge in [-0.25, -0.2) is 0 Å². The summed E-state index contributed by atoms with van der Waals surface area (Å²) < 4.78 is 5.38. The smallest absolute Gasteiger partial charge is 0.128 e. The number of aromatic amines is 1. The molecule has 3 N–H and O–H groups in total. The minimum atomic E-state index is 0.464. The monoisotopic (exact) mass is 231 g/mol. The van der Waals surface area contributed by atoms with Gasteiger partial charge < -0.3 is 10.5 Å². The van der Waals surface area contributed by atoms with Gasteiger partial charge in [0.1, 0.15) is 5.75 Å². The second kappa shape index (κ2) is 5.01. The van der Waals surface area contributed by atoms with Crippen LogP contribution in [0.1, 0.15) is 18.1 Å². The summed E-state index contributed by atoms with van der Waals surface area (Å²) in [6, 6.07) is 6.17. The lowest BCUT2D eigenvalue weighted by atomic mass is 10.0. The predicted molar refractivity (Wildman–Crippen MR) is 67.8 cm³/mol. The van der Waals surface area contributed by atoms with Crippen LogP contribution in [-0.4, -0.2) is 17.3 Å². The van der Waals surface area contributed by atoms with Gasteiger partial charge >= 0.3 is 0 Å². The fourth-order valence-electron chi connectivity index (χ4n) is 1.87. The van der Waals surface area contributed by atoms with Crippen molar-refractivity contribution in [1.29, 1.82) is 0 Å². The average molecular weight is 231 g/mol. The maximum absolute atomic E-state index is 5.69. The molecule has 17 heavy (non-hydrogen) atoms. The van der Waals surface area contributed by atoms with Crippen LogP contribution >= 0.6 is 0 Å². The number of methoxy groups -OCH3 is 1. The standard InChI is InChI=1S/C13H17N3O/c1-3-9-4-5-12(17-2)11(6-9)13-10(7-14)8-15-16-13/h4-6,8H,3,7,14H2,1-2H3,(H,15,16). The highest BCUT2D eigenvalue weighted by atomic mass is 16.5. The first-order valence-corrected chi connectivity index (χ1v) is 5.69. The third kappa shape index (κ3) is 2.17. The number of H-pyrrole nitrogens is 1. The topological polar surface area (TPSA) is 63.9 Å². The highest BCUT2D eigenvalue weighted by Crippen LogP contribution is 2.31. The molecule has 0 radical (unpaired) electrons. The van der Waals surface area contributed by atoms with Crippen molar-refractivity contribution in [2.45, 2.75) is 19.9 Å². The van der Waals surface area contributed by atoms with E-state index in [1.54, 1.807) is 13.3 Å². The van der Waals surface area contributed by atoms with E-state index in [0.717, 1.165) is 29.0 Å². The zero-order valence-electron chi connectivity index (χ0n) is 10.2. The van der Waals surface area contributed by atoms with E-state index >= 15 is 0 Å². The molecule has 0 aliphatic heterocycles. The van der Waals surface area contributed by atoms with E-state index in [-0.39, 0.29) is 0 Å². The number of hydrogen-bond acceptors (Lipinski definition) is 3. The number of aromatic nitrogens is 2. The van der Waals surface area contributed by atoms with E-state index < -0.39 is 0 Å². The minimum absolute atomic E-state index is 0.464. The van der Waals surface area contributed by atoms with Gasteiger partial charge in [0.2, 0.25) is 0 Å². The molecule has 1 aromatic carbocycles. The molecule has 1 aromatic heterocycles. The van der Waals surface area contributed by atoms with E-state index in [9.17, 15) is 0 Å². The fraction of sp³-hybridized carbons (Fsp3) is 0.308. The van der Waals surface area contributed by atoms with Crippen molar-refractivity contribution in [1.82, 2.24) is 10.2 Å². The Labute approximate surface area is 101 Å². The molecule has 0 aliphatic carbocycles. The van der Waals surface area contributed by atoms with E-state index in [0.29, 0.717) is 6.54 Å². The van der Waals surface area contributed by atoms with Crippen molar-refractivity contribution in [3.8, 4) is 17.0 Å². The van der Waals surface area contributed by atoms with Crippen molar-refractivity contribution in [3.05, 3.63) is 35.5 Å². The van der Waals surface area contributed by atoms with Crippen molar-refractivity contribution in [3.63, 3.8) is 0 Å². The lowest BCUT2D eigenvalue weighted by molar-refractivity contribution is 0.416. The molecular weight excluding hydrogens is 214 g/mol. The quantitative estimate of drug-likeness (QED) is 0.847. The molecule has 0 saturated carbocycles. The second-order valence-corrected chi connectivity index (χ2v) is 3.86. The van der Waals surface area contributed by atoms with Crippen molar-refractivity contribution in [2.75, 3.05) is 7.11 Å². The van der Waals surface area contributed by atoms with Gasteiger partial charge in [-0.2, -0.15) is 5.10 Å². The molecule has 0 fully saturated rings. The molecular formula is C13H17N3O. The maximum atomic E-state index is 5.69. The van der Waals surface area contributed by atoms with Gasteiger partial charge in [-0.3, -0.25) is 5.10 Å². The minimum Gasteiger partial charge on any atom is -0.496 e. The number of nitrogens with one attached hydrogen (secondary N) is 1. The zero-order valence-corrected chi connectivity index (χ0v) is 10.2. The number of nitrogens with zero attached hydrogens (tertiary/aromatic N) is 1. The second-order valence-electron chi connectivity index (χ2n) is 3.86. The van der Waals surface area contributed by atoms with Gasteiger partial charge in [-0.1, -0.05) is 13.0 Å². The molecule has 2 aromatic rings. The third-order valence-corrected chi connectivity index (χ3v) is 2.88. The summed E-state index contributed by atoms with van der Waals surface area (Å²) >= 11 is 0. The lowest BCUT2D eigenvalue weighted by Gasteiger charge is -2.10. The largest absolute Gasteiger partial charge is 0.496 e. The summed E-state index contributed by atoms with van der Waals surface area (Å²) in [5.41, 5.74) is 9.92. The van der Waals surface area contributed by atoms with Crippen LogP contribution in [-0.2, 0) is 13.0 Å². The number of nitrogens with two attached hydrogens (primary N) is 1. The number of aryl methyl sites for hydroxylation is 1. The molecule has 0 bridgehead atoms. The Morgan fingerprint density at radius 2 is 2.24 bits per heavy atom. The predicted octanol–water partition coefficient (Wildman–Crippen LogP) is 2.11. The molecule has 0 aliphatic rings. The van der Waals surface area contributed by atoms with Crippen LogP contribution in [0.4, 0.5) is 0 Å². The Hall–Kier alpha value is -1.81. The Balaban J connectivity index is 2.56. The van der Waals surface area contributed by atoms with Gasteiger partial charge in [0.05, 0.1) is 19.0 Å². The number of rotatable bonds is 4. The van der Waals surface area contributed by atoms with Crippen molar-refractivity contribution >= 4 is 0 Å². The van der Waals surface area contributed by atoms with E-state index in [1.807, 2.05) is 6.07 Å². The summed E-state index contributed by atoms with van der Waals surface area (Å²) in [7, 11) is 1.67. The van der Waals surface area contributed by atoms with Crippen LogP contribution in [0.3, 0.4) is 0 Å². The third-order valence-electron chi connectivity index (χ3n) is 2.88. The van der Waals surface area contributed by atoms with Crippen molar-refractivity contribution < 1.29 is 4.74 Å². The SMILES string of the molecule is CCc1ccc(OC)c(-c2[nH]ncc2CN)c1. The summed E-state index contributed by atoms with van der Waals surface area (Å²) in [5.74, 6) is 0.834. The highest BCUT2D eigenvalue weighted by molar-refractivity contribution is 5.70. The number of ether oxygens (including phenoxy) is 1. The normalized spacial score (nSPS) is 10.5. The van der Waals surface area contributed by atoms with Gasteiger partial charge in [0.15, 0.2) is 0 Å². The molecule has 0 amide bonds. The first kappa shape index (κ1) is 11.7. The van der Waals surface area contributed by atoms with Crippen LogP contribution in [0.2, 0.25) is 0 Å².